The summed E-state index contributed by atoms with van der Waals surface area (Å²) in [6.07, 6.45) is -1.13. The van der Waals surface area contributed by atoms with E-state index in [1.807, 2.05) is 0 Å². The zero-order valence-electron chi connectivity index (χ0n) is 10.6. The summed E-state index contributed by atoms with van der Waals surface area (Å²) in [5.41, 5.74) is 6.53. The minimum absolute atomic E-state index is 0.0598. The maximum absolute atomic E-state index is 13.9. The van der Waals surface area contributed by atoms with Crippen LogP contribution in [-0.4, -0.2) is 11.7 Å². The molecule has 0 aliphatic heterocycles. The molecule has 0 amide bonds. The normalized spacial score (nSPS) is 14.1. The molecule has 2 atom stereocenters. The molecule has 0 heterocycles. The van der Waals surface area contributed by atoms with Crippen molar-refractivity contribution in [1.29, 1.82) is 0 Å². The van der Waals surface area contributed by atoms with Crippen molar-refractivity contribution >= 4 is 23.2 Å². The largest absolute Gasteiger partial charge is 0.388 e. The van der Waals surface area contributed by atoms with E-state index in [4.69, 9.17) is 28.9 Å². The van der Waals surface area contributed by atoms with Crippen LogP contribution in [0.15, 0.2) is 42.5 Å². The van der Waals surface area contributed by atoms with Crippen LogP contribution in [0.3, 0.4) is 0 Å². The number of halogens is 3. The van der Waals surface area contributed by atoms with Gasteiger partial charge in [-0.3, -0.25) is 0 Å². The van der Waals surface area contributed by atoms with E-state index >= 15 is 0 Å². The van der Waals surface area contributed by atoms with Crippen molar-refractivity contribution in [2.24, 2.45) is 5.73 Å². The summed E-state index contributed by atoms with van der Waals surface area (Å²) in [5.74, 6) is -1.03. The van der Waals surface area contributed by atoms with Crippen molar-refractivity contribution in [3.05, 3.63) is 69.5 Å². The minimum atomic E-state index is -1.13. The minimum Gasteiger partial charge on any atom is -0.388 e. The molecule has 106 valence electrons. The molecule has 0 radical (unpaired) electrons. The fourth-order valence-electron chi connectivity index (χ4n) is 2.18. The fourth-order valence-corrected chi connectivity index (χ4v) is 2.65. The third-order valence-corrected chi connectivity index (χ3v) is 3.77. The average Bonchev–Trinajstić information content (AvgIpc) is 2.39. The summed E-state index contributed by atoms with van der Waals surface area (Å²) in [6, 6.07) is 11.3. The Bertz CT molecular complexity index is 586. The Morgan fingerprint density at radius 1 is 1.15 bits per heavy atom. The molecule has 3 N–H and O–H groups in total. The van der Waals surface area contributed by atoms with Gasteiger partial charge in [0, 0.05) is 28.1 Å². The maximum atomic E-state index is 13.9. The van der Waals surface area contributed by atoms with Gasteiger partial charge in [-0.2, -0.15) is 0 Å². The van der Waals surface area contributed by atoms with E-state index in [9.17, 15) is 9.50 Å². The second-order valence-electron chi connectivity index (χ2n) is 4.48. The van der Waals surface area contributed by atoms with Gasteiger partial charge in [-0.25, -0.2) is 4.39 Å². The Kier molecular flexibility index (Phi) is 5.00. The summed E-state index contributed by atoms with van der Waals surface area (Å²) in [4.78, 5) is 0. The lowest BCUT2D eigenvalue weighted by Crippen LogP contribution is -2.21. The van der Waals surface area contributed by atoms with Crippen LogP contribution in [-0.2, 0) is 0 Å². The standard InChI is InChI=1S/C15H14Cl2FNO/c16-10-4-1-3-9(7-10)11(8-19)15(20)14-12(17)5-2-6-13(14)18/h1-7,11,15,20H,8,19H2. The second-order valence-corrected chi connectivity index (χ2v) is 5.32. The maximum Gasteiger partial charge on any atom is 0.130 e. The van der Waals surface area contributed by atoms with Crippen LogP contribution in [0.1, 0.15) is 23.1 Å². The molecule has 2 aromatic carbocycles. The highest BCUT2D eigenvalue weighted by Gasteiger charge is 2.26. The Balaban J connectivity index is 2.41. The third kappa shape index (κ3) is 3.13. The molecule has 0 aromatic heterocycles. The molecule has 0 spiro atoms. The van der Waals surface area contributed by atoms with E-state index in [1.165, 1.54) is 18.2 Å². The molecule has 2 nitrogen and oxygen atoms in total. The van der Waals surface area contributed by atoms with E-state index in [1.54, 1.807) is 24.3 Å². The van der Waals surface area contributed by atoms with Crippen LogP contribution in [0.5, 0.6) is 0 Å². The number of aliphatic hydroxyl groups excluding tert-OH is 1. The number of rotatable bonds is 4. The zero-order chi connectivity index (χ0) is 14.7. The molecule has 20 heavy (non-hydrogen) atoms. The van der Waals surface area contributed by atoms with E-state index in [0.29, 0.717) is 5.02 Å². The van der Waals surface area contributed by atoms with Crippen LogP contribution in [0, 0.1) is 5.82 Å². The molecule has 2 rings (SSSR count). The van der Waals surface area contributed by atoms with Gasteiger partial charge in [0.1, 0.15) is 5.82 Å². The van der Waals surface area contributed by atoms with Gasteiger partial charge >= 0.3 is 0 Å². The number of hydrogen-bond acceptors (Lipinski definition) is 2. The van der Waals surface area contributed by atoms with Gasteiger partial charge in [0.25, 0.3) is 0 Å². The van der Waals surface area contributed by atoms with Gasteiger partial charge in [0.15, 0.2) is 0 Å². The van der Waals surface area contributed by atoms with Crippen molar-refractivity contribution in [3.8, 4) is 0 Å². The molecule has 5 heteroatoms. The van der Waals surface area contributed by atoms with Gasteiger partial charge < -0.3 is 10.8 Å². The monoisotopic (exact) mass is 313 g/mol. The van der Waals surface area contributed by atoms with E-state index in [-0.39, 0.29) is 17.1 Å². The molecule has 0 aliphatic carbocycles. The first-order chi connectivity index (χ1) is 9.54. The van der Waals surface area contributed by atoms with Crippen LogP contribution < -0.4 is 5.73 Å². The second kappa shape index (κ2) is 6.55. The third-order valence-electron chi connectivity index (χ3n) is 3.21. The van der Waals surface area contributed by atoms with Crippen LogP contribution in [0.4, 0.5) is 4.39 Å². The predicted molar refractivity (Wildman–Crippen MR) is 79.6 cm³/mol. The summed E-state index contributed by atoms with van der Waals surface area (Å²) in [6.45, 7) is 0.145. The number of benzene rings is 2. The SMILES string of the molecule is NCC(c1cccc(Cl)c1)C(O)c1c(F)cccc1Cl. The molecule has 0 saturated carbocycles. The van der Waals surface area contributed by atoms with Crippen molar-refractivity contribution in [1.82, 2.24) is 0 Å². The van der Waals surface area contributed by atoms with E-state index in [0.717, 1.165) is 5.56 Å². The lowest BCUT2D eigenvalue weighted by molar-refractivity contribution is 0.143. The summed E-state index contributed by atoms with van der Waals surface area (Å²) < 4.78 is 13.9. The number of aliphatic hydroxyl groups is 1. The van der Waals surface area contributed by atoms with Gasteiger partial charge in [0.2, 0.25) is 0 Å². The van der Waals surface area contributed by atoms with Crippen LogP contribution >= 0.6 is 23.2 Å². The average molecular weight is 314 g/mol. The molecule has 2 unspecified atom stereocenters. The number of hydrogen-bond donors (Lipinski definition) is 2. The lowest BCUT2D eigenvalue weighted by atomic mass is 9.89. The van der Waals surface area contributed by atoms with Gasteiger partial charge in [-0.1, -0.05) is 41.4 Å². The van der Waals surface area contributed by atoms with E-state index in [2.05, 4.69) is 0 Å². The molecule has 0 aliphatic rings. The lowest BCUT2D eigenvalue weighted by Gasteiger charge is -2.23. The van der Waals surface area contributed by atoms with Crippen LogP contribution in [0.2, 0.25) is 10.0 Å². The van der Waals surface area contributed by atoms with Crippen LogP contribution in [0.25, 0.3) is 0 Å². The summed E-state index contributed by atoms with van der Waals surface area (Å²) >= 11 is 11.9. The first-order valence-electron chi connectivity index (χ1n) is 6.12. The van der Waals surface area contributed by atoms with Crippen molar-refractivity contribution < 1.29 is 9.50 Å². The first-order valence-corrected chi connectivity index (χ1v) is 6.87. The highest BCUT2D eigenvalue weighted by molar-refractivity contribution is 6.31. The highest BCUT2D eigenvalue weighted by atomic mass is 35.5. The summed E-state index contributed by atoms with van der Waals surface area (Å²) in [7, 11) is 0. The first kappa shape index (κ1) is 15.3. The topological polar surface area (TPSA) is 46.2 Å². The Morgan fingerprint density at radius 3 is 2.45 bits per heavy atom. The summed E-state index contributed by atoms with van der Waals surface area (Å²) in [5, 5.41) is 11.2. The molecular formula is C15H14Cl2FNO. The molecular weight excluding hydrogens is 300 g/mol. The fraction of sp³-hybridized carbons (Fsp3) is 0.200. The molecule has 0 bridgehead atoms. The predicted octanol–water partition coefficient (Wildman–Crippen LogP) is 3.91. The molecule has 0 fully saturated rings. The quantitative estimate of drug-likeness (QED) is 0.899. The zero-order valence-corrected chi connectivity index (χ0v) is 12.1. The Labute approximate surface area is 126 Å². The Morgan fingerprint density at radius 2 is 1.85 bits per heavy atom. The molecule has 2 aromatic rings. The molecule has 0 saturated heterocycles. The van der Waals surface area contributed by atoms with Gasteiger partial charge in [-0.05, 0) is 29.8 Å². The van der Waals surface area contributed by atoms with Gasteiger partial charge in [0.05, 0.1) is 6.10 Å². The van der Waals surface area contributed by atoms with E-state index < -0.39 is 17.8 Å². The van der Waals surface area contributed by atoms with Crippen molar-refractivity contribution in [3.63, 3.8) is 0 Å². The van der Waals surface area contributed by atoms with Crippen molar-refractivity contribution in [2.45, 2.75) is 12.0 Å². The number of nitrogens with two attached hydrogens (primary N) is 1. The van der Waals surface area contributed by atoms with Crippen molar-refractivity contribution in [2.75, 3.05) is 6.54 Å². The van der Waals surface area contributed by atoms with Gasteiger partial charge in [-0.15, -0.1) is 0 Å². The smallest absolute Gasteiger partial charge is 0.130 e. The highest BCUT2D eigenvalue weighted by Crippen LogP contribution is 2.36. The Hall–Kier alpha value is -1.13.